The summed E-state index contributed by atoms with van der Waals surface area (Å²) in [4.78, 5) is 23.4. The molecule has 0 saturated heterocycles. The molecule has 0 saturated carbocycles. The minimum atomic E-state index is -0.502. The molecular formula is C29H56N2O5. The predicted molar refractivity (Wildman–Crippen MR) is 148 cm³/mol. The Balaban J connectivity index is 3.29. The molecule has 0 heterocycles. The van der Waals surface area contributed by atoms with Gasteiger partial charge in [0.15, 0.2) is 0 Å². The van der Waals surface area contributed by atoms with Gasteiger partial charge >= 0.3 is 6.09 Å². The lowest BCUT2D eigenvalue weighted by Crippen LogP contribution is -2.34. The van der Waals surface area contributed by atoms with E-state index in [0.717, 1.165) is 12.8 Å². The molecule has 0 bridgehead atoms. The third-order valence-electron chi connectivity index (χ3n) is 5.52. The standard InChI is InChI=1S/C29H56N2O5/c1-5-6-7-8-9-10-11-12-13-14-15-16-17-18-19-20-27(32)30-21-23-34-25-26-35-24-22-31-28(33)36-29(2,3)4/h12-13H,5-11,14-26H2,1-4H3,(H,30,32)(H,31,33)/b13-12-. The van der Waals surface area contributed by atoms with Crippen LogP contribution in [0, 0.1) is 0 Å². The molecule has 0 rings (SSSR count). The summed E-state index contributed by atoms with van der Waals surface area (Å²) in [6, 6.07) is 0. The largest absolute Gasteiger partial charge is 0.444 e. The van der Waals surface area contributed by atoms with Crippen LogP contribution in [0.2, 0.25) is 0 Å². The van der Waals surface area contributed by atoms with Crippen LogP contribution in [0.4, 0.5) is 4.79 Å². The monoisotopic (exact) mass is 512 g/mol. The SMILES string of the molecule is CCCCCCCC/C=C\CCCCCCCC(=O)NCCOCCOCCNC(=O)OC(C)(C)C. The van der Waals surface area contributed by atoms with Crippen molar-refractivity contribution in [2.75, 3.05) is 39.5 Å². The van der Waals surface area contributed by atoms with Crippen LogP contribution in [0.1, 0.15) is 118 Å². The van der Waals surface area contributed by atoms with Crippen molar-refractivity contribution in [1.29, 1.82) is 0 Å². The van der Waals surface area contributed by atoms with E-state index in [4.69, 9.17) is 14.2 Å². The van der Waals surface area contributed by atoms with E-state index < -0.39 is 11.7 Å². The number of hydrogen-bond donors (Lipinski definition) is 2. The number of carbonyl (C=O) groups is 2. The van der Waals surface area contributed by atoms with Crippen LogP contribution in [0.25, 0.3) is 0 Å². The Morgan fingerprint density at radius 2 is 1.17 bits per heavy atom. The average molecular weight is 513 g/mol. The van der Waals surface area contributed by atoms with E-state index in [1.54, 1.807) is 0 Å². The first-order valence-electron chi connectivity index (χ1n) is 14.4. The van der Waals surface area contributed by atoms with Crippen molar-refractivity contribution in [1.82, 2.24) is 10.6 Å². The van der Waals surface area contributed by atoms with Crippen molar-refractivity contribution in [2.45, 2.75) is 123 Å². The Morgan fingerprint density at radius 3 is 1.72 bits per heavy atom. The number of alkyl carbamates (subject to hydrolysis) is 1. The lowest BCUT2D eigenvalue weighted by atomic mass is 10.1. The van der Waals surface area contributed by atoms with Crippen LogP contribution in [-0.4, -0.2) is 57.1 Å². The average Bonchev–Trinajstić information content (AvgIpc) is 2.81. The molecule has 2 N–H and O–H groups in total. The topological polar surface area (TPSA) is 85.9 Å². The number of unbranched alkanes of at least 4 members (excludes halogenated alkanes) is 11. The number of hydrogen-bond acceptors (Lipinski definition) is 5. The maximum atomic E-state index is 11.9. The van der Waals surface area contributed by atoms with Gasteiger partial charge in [-0.15, -0.1) is 0 Å². The molecule has 0 aromatic heterocycles. The van der Waals surface area contributed by atoms with Gasteiger partial charge in [-0.05, 0) is 52.9 Å². The molecule has 0 spiro atoms. The maximum Gasteiger partial charge on any atom is 0.407 e. The van der Waals surface area contributed by atoms with Crippen molar-refractivity contribution < 1.29 is 23.8 Å². The third-order valence-corrected chi connectivity index (χ3v) is 5.52. The number of nitrogens with one attached hydrogen (secondary N) is 2. The van der Waals surface area contributed by atoms with Crippen LogP contribution >= 0.6 is 0 Å². The molecule has 212 valence electrons. The number of amides is 2. The van der Waals surface area contributed by atoms with Crippen LogP contribution in [-0.2, 0) is 19.0 Å². The first-order valence-corrected chi connectivity index (χ1v) is 14.4. The molecule has 0 aliphatic carbocycles. The van der Waals surface area contributed by atoms with Crippen LogP contribution < -0.4 is 10.6 Å². The molecule has 7 heteroatoms. The predicted octanol–water partition coefficient (Wildman–Crippen LogP) is 6.70. The van der Waals surface area contributed by atoms with Crippen molar-refractivity contribution in [3.05, 3.63) is 12.2 Å². The molecule has 0 aromatic rings. The summed E-state index contributed by atoms with van der Waals surface area (Å²) < 4.78 is 16.0. The summed E-state index contributed by atoms with van der Waals surface area (Å²) in [5.41, 5.74) is -0.502. The second kappa shape index (κ2) is 25.1. The summed E-state index contributed by atoms with van der Waals surface area (Å²) in [7, 11) is 0. The number of carbonyl (C=O) groups excluding carboxylic acids is 2. The molecule has 0 unspecified atom stereocenters. The van der Waals surface area contributed by atoms with E-state index in [0.29, 0.717) is 45.9 Å². The summed E-state index contributed by atoms with van der Waals surface area (Å²) in [5.74, 6) is 0.0979. The highest BCUT2D eigenvalue weighted by molar-refractivity contribution is 5.75. The first-order chi connectivity index (χ1) is 17.3. The van der Waals surface area contributed by atoms with Crippen LogP contribution in [0.5, 0.6) is 0 Å². The molecule has 0 radical (unpaired) electrons. The van der Waals surface area contributed by atoms with Gasteiger partial charge in [0.25, 0.3) is 0 Å². The van der Waals surface area contributed by atoms with E-state index in [1.165, 1.54) is 70.6 Å². The van der Waals surface area contributed by atoms with E-state index in [-0.39, 0.29) is 5.91 Å². The summed E-state index contributed by atoms with van der Waals surface area (Å²) in [5, 5.41) is 5.53. The van der Waals surface area contributed by atoms with Gasteiger partial charge in [0.2, 0.25) is 5.91 Å². The van der Waals surface area contributed by atoms with E-state index >= 15 is 0 Å². The minimum Gasteiger partial charge on any atom is -0.444 e. The van der Waals surface area contributed by atoms with Crippen LogP contribution in [0.15, 0.2) is 12.2 Å². The lowest BCUT2D eigenvalue weighted by Gasteiger charge is -2.19. The Bertz CT molecular complexity index is 546. The van der Waals surface area contributed by atoms with Gasteiger partial charge in [-0.1, -0.05) is 70.4 Å². The van der Waals surface area contributed by atoms with Gasteiger partial charge in [0, 0.05) is 19.5 Å². The molecule has 36 heavy (non-hydrogen) atoms. The third kappa shape index (κ3) is 28.6. The van der Waals surface area contributed by atoms with Crippen LogP contribution in [0.3, 0.4) is 0 Å². The van der Waals surface area contributed by atoms with Gasteiger partial charge in [-0.25, -0.2) is 4.79 Å². The first kappa shape index (κ1) is 34.4. The van der Waals surface area contributed by atoms with Crippen molar-refractivity contribution in [2.24, 2.45) is 0 Å². The summed E-state index contributed by atoms with van der Waals surface area (Å²) >= 11 is 0. The second-order valence-corrected chi connectivity index (χ2v) is 10.3. The zero-order valence-corrected chi connectivity index (χ0v) is 23.8. The smallest absolute Gasteiger partial charge is 0.407 e. The Kier molecular flexibility index (Phi) is 24.0. The molecular weight excluding hydrogens is 456 g/mol. The molecule has 0 atom stereocenters. The zero-order chi connectivity index (χ0) is 26.7. The quantitative estimate of drug-likeness (QED) is 0.111. The fourth-order valence-electron chi connectivity index (χ4n) is 3.57. The molecule has 0 aromatic carbocycles. The van der Waals surface area contributed by atoms with Gasteiger partial charge in [-0.2, -0.15) is 0 Å². The fourth-order valence-corrected chi connectivity index (χ4v) is 3.57. The fraction of sp³-hybridized carbons (Fsp3) is 0.862. The molecule has 0 aliphatic rings. The van der Waals surface area contributed by atoms with Gasteiger partial charge in [0.05, 0.1) is 26.4 Å². The molecule has 0 aliphatic heterocycles. The van der Waals surface area contributed by atoms with Crippen molar-refractivity contribution in [3.63, 3.8) is 0 Å². The minimum absolute atomic E-state index is 0.0979. The normalized spacial score (nSPS) is 11.7. The van der Waals surface area contributed by atoms with E-state index in [1.807, 2.05) is 20.8 Å². The highest BCUT2D eigenvalue weighted by Crippen LogP contribution is 2.10. The van der Waals surface area contributed by atoms with E-state index in [2.05, 4.69) is 29.7 Å². The number of rotatable bonds is 24. The Hall–Kier alpha value is -1.60. The summed E-state index contributed by atoms with van der Waals surface area (Å²) in [6.07, 6.45) is 21.2. The highest BCUT2D eigenvalue weighted by Gasteiger charge is 2.15. The van der Waals surface area contributed by atoms with Gasteiger partial charge in [0.1, 0.15) is 5.60 Å². The second-order valence-electron chi connectivity index (χ2n) is 10.3. The Morgan fingerprint density at radius 1 is 0.667 bits per heavy atom. The van der Waals surface area contributed by atoms with Crippen molar-refractivity contribution >= 4 is 12.0 Å². The number of ether oxygens (including phenoxy) is 3. The molecule has 0 fully saturated rings. The molecule has 7 nitrogen and oxygen atoms in total. The highest BCUT2D eigenvalue weighted by atomic mass is 16.6. The van der Waals surface area contributed by atoms with Gasteiger partial charge in [-0.3, -0.25) is 4.79 Å². The zero-order valence-electron chi connectivity index (χ0n) is 23.8. The van der Waals surface area contributed by atoms with Gasteiger partial charge < -0.3 is 24.8 Å². The number of allylic oxidation sites excluding steroid dienone is 2. The molecule has 2 amide bonds. The summed E-state index contributed by atoms with van der Waals surface area (Å²) in [6.45, 7) is 10.4. The maximum absolute atomic E-state index is 11.9. The lowest BCUT2D eigenvalue weighted by molar-refractivity contribution is -0.121. The van der Waals surface area contributed by atoms with Crippen molar-refractivity contribution in [3.8, 4) is 0 Å². The Labute approximate surface area is 221 Å². The van der Waals surface area contributed by atoms with E-state index in [9.17, 15) is 9.59 Å².